The van der Waals surface area contributed by atoms with Gasteiger partial charge >= 0.3 is 5.97 Å². The summed E-state index contributed by atoms with van der Waals surface area (Å²) in [6, 6.07) is 0. The lowest BCUT2D eigenvalue weighted by molar-refractivity contribution is -0.140. The van der Waals surface area contributed by atoms with E-state index in [0.29, 0.717) is 18.8 Å². The molecule has 1 aliphatic carbocycles. The van der Waals surface area contributed by atoms with E-state index in [2.05, 4.69) is 16.4 Å². The highest BCUT2D eigenvalue weighted by Crippen LogP contribution is 2.33. The van der Waals surface area contributed by atoms with Gasteiger partial charge in [-0.2, -0.15) is 0 Å². The maximum absolute atomic E-state index is 11.8. The fourth-order valence-corrected chi connectivity index (χ4v) is 3.78. The van der Waals surface area contributed by atoms with E-state index in [0.717, 1.165) is 19.3 Å². The van der Waals surface area contributed by atoms with Crippen LogP contribution in [0, 0.1) is 5.92 Å². The third-order valence-corrected chi connectivity index (χ3v) is 5.67. The van der Waals surface area contributed by atoms with Crippen molar-refractivity contribution in [1.82, 2.24) is 4.72 Å². The molecule has 21 heavy (non-hydrogen) atoms. The standard InChI is InChI=1S/C14H27NO5S/c1-3-12-6-8-14(17,9-7-12)11-15-21(18,19)10-4-5-13(16)20-2/h12,15,17H,3-11H2,1-2H3. The maximum atomic E-state index is 11.8. The summed E-state index contributed by atoms with van der Waals surface area (Å²) in [4.78, 5) is 10.9. The molecule has 124 valence electrons. The number of esters is 1. The van der Waals surface area contributed by atoms with Crippen LogP contribution in [0.4, 0.5) is 0 Å². The monoisotopic (exact) mass is 321 g/mol. The van der Waals surface area contributed by atoms with E-state index in [1.165, 1.54) is 7.11 Å². The number of ether oxygens (including phenoxy) is 1. The summed E-state index contributed by atoms with van der Waals surface area (Å²) in [6.45, 7) is 2.20. The van der Waals surface area contributed by atoms with Crippen molar-refractivity contribution in [3.8, 4) is 0 Å². The second-order valence-electron chi connectivity index (χ2n) is 5.90. The predicted molar refractivity (Wildman–Crippen MR) is 80.2 cm³/mol. The Hall–Kier alpha value is -0.660. The lowest BCUT2D eigenvalue weighted by Gasteiger charge is -2.35. The summed E-state index contributed by atoms with van der Waals surface area (Å²) >= 11 is 0. The molecule has 0 bridgehead atoms. The van der Waals surface area contributed by atoms with Gasteiger partial charge in [0.2, 0.25) is 10.0 Å². The van der Waals surface area contributed by atoms with E-state index in [9.17, 15) is 18.3 Å². The quantitative estimate of drug-likeness (QED) is 0.655. The molecule has 0 amide bonds. The normalized spacial score (nSPS) is 26.5. The fourth-order valence-electron chi connectivity index (χ4n) is 2.63. The largest absolute Gasteiger partial charge is 0.469 e. The predicted octanol–water partition coefficient (Wildman–Crippen LogP) is 1.19. The van der Waals surface area contributed by atoms with Crippen molar-refractivity contribution in [3.05, 3.63) is 0 Å². The summed E-state index contributed by atoms with van der Waals surface area (Å²) in [7, 11) is -2.18. The van der Waals surface area contributed by atoms with Gasteiger partial charge in [0.1, 0.15) is 0 Å². The molecular formula is C14H27NO5S. The summed E-state index contributed by atoms with van der Waals surface area (Å²) in [5, 5.41) is 10.4. The third-order valence-electron chi connectivity index (χ3n) is 4.26. The molecule has 1 rings (SSSR count). The maximum Gasteiger partial charge on any atom is 0.305 e. The van der Waals surface area contributed by atoms with Gasteiger partial charge in [0.15, 0.2) is 0 Å². The van der Waals surface area contributed by atoms with Gasteiger partial charge in [0.05, 0.1) is 18.5 Å². The summed E-state index contributed by atoms with van der Waals surface area (Å²) in [6.07, 6.45) is 4.56. The highest BCUT2D eigenvalue weighted by atomic mass is 32.2. The number of carbonyl (C=O) groups excluding carboxylic acids is 1. The van der Waals surface area contributed by atoms with Crippen LogP contribution >= 0.6 is 0 Å². The zero-order valence-electron chi connectivity index (χ0n) is 12.9. The van der Waals surface area contributed by atoms with Crippen molar-refractivity contribution in [2.45, 2.75) is 57.5 Å². The van der Waals surface area contributed by atoms with Gasteiger partial charge in [0.25, 0.3) is 0 Å². The number of sulfonamides is 1. The average Bonchev–Trinajstić information content (AvgIpc) is 2.46. The number of carbonyl (C=O) groups is 1. The summed E-state index contributed by atoms with van der Waals surface area (Å²) < 4.78 is 30.6. The molecule has 0 spiro atoms. The highest BCUT2D eigenvalue weighted by Gasteiger charge is 2.33. The Morgan fingerprint density at radius 3 is 2.52 bits per heavy atom. The molecule has 6 nitrogen and oxygen atoms in total. The Kier molecular flexibility index (Phi) is 7.09. The minimum absolute atomic E-state index is 0.0595. The van der Waals surface area contributed by atoms with Crippen molar-refractivity contribution in [1.29, 1.82) is 0 Å². The molecule has 0 aromatic heterocycles. The van der Waals surface area contributed by atoms with Gasteiger partial charge in [-0.05, 0) is 38.0 Å². The average molecular weight is 321 g/mol. The van der Waals surface area contributed by atoms with Crippen LogP contribution in [0.5, 0.6) is 0 Å². The van der Waals surface area contributed by atoms with E-state index in [1.54, 1.807) is 0 Å². The van der Waals surface area contributed by atoms with E-state index in [1.807, 2.05) is 0 Å². The lowest BCUT2D eigenvalue weighted by atomic mass is 9.78. The molecule has 0 saturated heterocycles. The second kappa shape index (κ2) is 8.10. The molecule has 7 heteroatoms. The van der Waals surface area contributed by atoms with E-state index >= 15 is 0 Å². The Bertz CT molecular complexity index is 427. The SMILES string of the molecule is CCC1CCC(O)(CNS(=O)(=O)CCCC(=O)OC)CC1. The van der Waals surface area contributed by atoms with Crippen LogP contribution in [0.25, 0.3) is 0 Å². The number of hydrogen-bond acceptors (Lipinski definition) is 5. The number of nitrogens with one attached hydrogen (secondary N) is 1. The molecule has 0 aliphatic heterocycles. The van der Waals surface area contributed by atoms with E-state index < -0.39 is 21.6 Å². The first-order valence-electron chi connectivity index (χ1n) is 7.57. The molecule has 1 saturated carbocycles. The minimum atomic E-state index is -3.46. The lowest BCUT2D eigenvalue weighted by Crippen LogP contribution is -2.45. The van der Waals surface area contributed by atoms with Crippen molar-refractivity contribution in [2.75, 3.05) is 19.4 Å². The number of hydrogen-bond donors (Lipinski definition) is 2. The van der Waals surface area contributed by atoms with E-state index in [-0.39, 0.29) is 25.1 Å². The molecule has 1 aliphatic rings. The number of rotatable bonds is 8. The molecule has 0 atom stereocenters. The topological polar surface area (TPSA) is 92.7 Å². The Balaban J connectivity index is 2.34. The Labute approximate surface area is 127 Å². The number of aliphatic hydroxyl groups is 1. The zero-order chi connectivity index (χ0) is 15.9. The Morgan fingerprint density at radius 2 is 2.00 bits per heavy atom. The van der Waals surface area contributed by atoms with Gasteiger partial charge in [-0.1, -0.05) is 13.3 Å². The molecule has 2 N–H and O–H groups in total. The molecule has 0 aromatic rings. The van der Waals surface area contributed by atoms with Crippen molar-refractivity contribution < 1.29 is 23.1 Å². The van der Waals surface area contributed by atoms with Gasteiger partial charge in [0, 0.05) is 13.0 Å². The minimum Gasteiger partial charge on any atom is -0.469 e. The van der Waals surface area contributed by atoms with E-state index in [4.69, 9.17) is 0 Å². The Morgan fingerprint density at radius 1 is 1.38 bits per heavy atom. The molecule has 0 heterocycles. The zero-order valence-corrected chi connectivity index (χ0v) is 13.7. The van der Waals surface area contributed by atoms with Crippen LogP contribution in [0.15, 0.2) is 0 Å². The highest BCUT2D eigenvalue weighted by molar-refractivity contribution is 7.89. The number of methoxy groups -OCH3 is 1. The summed E-state index contributed by atoms with van der Waals surface area (Å²) in [5.41, 5.74) is -0.929. The first-order valence-corrected chi connectivity index (χ1v) is 9.22. The third kappa shape index (κ3) is 6.76. The van der Waals surface area contributed by atoms with Crippen molar-refractivity contribution in [3.63, 3.8) is 0 Å². The van der Waals surface area contributed by atoms with Crippen LogP contribution in [-0.2, 0) is 19.6 Å². The smallest absolute Gasteiger partial charge is 0.305 e. The van der Waals surface area contributed by atoms with Crippen LogP contribution in [0.2, 0.25) is 0 Å². The first kappa shape index (κ1) is 18.4. The van der Waals surface area contributed by atoms with Gasteiger partial charge in [-0.15, -0.1) is 0 Å². The second-order valence-corrected chi connectivity index (χ2v) is 7.82. The van der Waals surface area contributed by atoms with Crippen molar-refractivity contribution in [2.24, 2.45) is 5.92 Å². The van der Waals surface area contributed by atoms with Gasteiger partial charge in [-0.25, -0.2) is 13.1 Å². The van der Waals surface area contributed by atoms with Crippen LogP contribution in [0.1, 0.15) is 51.9 Å². The fraction of sp³-hybridized carbons (Fsp3) is 0.929. The van der Waals surface area contributed by atoms with Crippen molar-refractivity contribution >= 4 is 16.0 Å². The van der Waals surface area contributed by atoms with Crippen LogP contribution < -0.4 is 4.72 Å². The molecule has 1 fully saturated rings. The molecule has 0 unspecified atom stereocenters. The molecule has 0 radical (unpaired) electrons. The van der Waals surface area contributed by atoms with Gasteiger partial charge in [-0.3, -0.25) is 4.79 Å². The molecule has 0 aromatic carbocycles. The van der Waals surface area contributed by atoms with Gasteiger partial charge < -0.3 is 9.84 Å². The van der Waals surface area contributed by atoms with Crippen LogP contribution in [0.3, 0.4) is 0 Å². The van der Waals surface area contributed by atoms with Crippen LogP contribution in [-0.4, -0.2) is 44.5 Å². The first-order chi connectivity index (χ1) is 9.80. The molecular weight excluding hydrogens is 294 g/mol. The summed E-state index contributed by atoms with van der Waals surface area (Å²) in [5.74, 6) is 0.0964.